The van der Waals surface area contributed by atoms with Gasteiger partial charge in [-0.2, -0.15) is 10.4 Å². The maximum absolute atomic E-state index is 11.7. The van der Waals surface area contributed by atoms with Crippen LogP contribution in [0.15, 0.2) is 0 Å². The molecule has 0 saturated carbocycles. The lowest BCUT2D eigenvalue weighted by atomic mass is 10.1. The molecule has 6 heteroatoms. The molecule has 1 aromatic heterocycles. The largest absolute Gasteiger partial charge is 0.265 e. The van der Waals surface area contributed by atoms with E-state index in [2.05, 4.69) is 11.2 Å². The van der Waals surface area contributed by atoms with Crippen LogP contribution in [0.5, 0.6) is 0 Å². The highest BCUT2D eigenvalue weighted by Crippen LogP contribution is 2.26. The van der Waals surface area contributed by atoms with Gasteiger partial charge in [0.25, 0.3) is 0 Å². The van der Waals surface area contributed by atoms with Crippen molar-refractivity contribution in [1.82, 2.24) is 9.78 Å². The lowest BCUT2D eigenvalue weighted by Gasteiger charge is -2.23. The molecule has 2 heterocycles. The quantitative estimate of drug-likeness (QED) is 0.809. The molecule has 0 aliphatic carbocycles. The zero-order valence-corrected chi connectivity index (χ0v) is 11.5. The van der Waals surface area contributed by atoms with E-state index in [-0.39, 0.29) is 17.5 Å². The molecule has 1 fully saturated rings. The summed E-state index contributed by atoms with van der Waals surface area (Å²) in [6.07, 6.45) is 1.86. The molecule has 1 aliphatic rings. The third-order valence-corrected chi connectivity index (χ3v) is 5.32. The highest BCUT2D eigenvalue weighted by Gasteiger charge is 2.28. The zero-order valence-electron chi connectivity index (χ0n) is 10.7. The van der Waals surface area contributed by atoms with Crippen LogP contribution in [0.25, 0.3) is 0 Å². The number of aryl methyl sites for hydroxylation is 1. The molecule has 98 valence electrons. The lowest BCUT2D eigenvalue weighted by molar-refractivity contribution is 0.426. The van der Waals surface area contributed by atoms with E-state index in [0.29, 0.717) is 12.8 Å². The maximum atomic E-state index is 11.7. The Labute approximate surface area is 107 Å². The minimum Gasteiger partial charge on any atom is -0.265 e. The molecule has 18 heavy (non-hydrogen) atoms. The fourth-order valence-corrected chi connectivity index (χ4v) is 4.25. The Bertz CT molecular complexity index is 596. The third-order valence-electron chi connectivity index (χ3n) is 3.52. The Morgan fingerprint density at radius 2 is 2.22 bits per heavy atom. The van der Waals surface area contributed by atoms with Crippen molar-refractivity contribution in [3.63, 3.8) is 0 Å². The SMILES string of the molecule is Cc1nn(C2CCCS(=O)(=O)C2)c(C)c1CC#N. The van der Waals surface area contributed by atoms with Gasteiger partial charge in [0.2, 0.25) is 0 Å². The Balaban J connectivity index is 2.35. The number of sulfone groups is 1. The standard InChI is InChI=1S/C12H17N3O2S/c1-9-12(5-6-13)10(2)15(14-9)11-4-3-7-18(16,17)8-11/h11H,3-5,7-8H2,1-2H3. The van der Waals surface area contributed by atoms with Gasteiger partial charge in [0.05, 0.1) is 35.7 Å². The van der Waals surface area contributed by atoms with Crippen LogP contribution in [-0.4, -0.2) is 29.7 Å². The van der Waals surface area contributed by atoms with Gasteiger partial charge in [-0.05, 0) is 26.7 Å². The molecule has 1 aliphatic heterocycles. The van der Waals surface area contributed by atoms with Crippen LogP contribution in [0.3, 0.4) is 0 Å². The second kappa shape index (κ2) is 4.73. The van der Waals surface area contributed by atoms with Crippen LogP contribution < -0.4 is 0 Å². The minimum atomic E-state index is -2.94. The van der Waals surface area contributed by atoms with Gasteiger partial charge in [0.1, 0.15) is 0 Å². The monoisotopic (exact) mass is 267 g/mol. The molecular weight excluding hydrogens is 250 g/mol. The average molecular weight is 267 g/mol. The van der Waals surface area contributed by atoms with Crippen molar-refractivity contribution >= 4 is 9.84 Å². The van der Waals surface area contributed by atoms with E-state index in [1.165, 1.54) is 0 Å². The van der Waals surface area contributed by atoms with Gasteiger partial charge in [-0.15, -0.1) is 0 Å². The highest BCUT2D eigenvalue weighted by molar-refractivity contribution is 7.91. The van der Waals surface area contributed by atoms with Gasteiger partial charge in [0.15, 0.2) is 9.84 Å². The summed E-state index contributed by atoms with van der Waals surface area (Å²) in [7, 11) is -2.94. The fraction of sp³-hybridized carbons (Fsp3) is 0.667. The van der Waals surface area contributed by atoms with E-state index in [1.807, 2.05) is 13.8 Å². The highest BCUT2D eigenvalue weighted by atomic mass is 32.2. The van der Waals surface area contributed by atoms with E-state index in [0.717, 1.165) is 23.4 Å². The maximum Gasteiger partial charge on any atom is 0.152 e. The number of rotatable bonds is 2. The average Bonchev–Trinajstić information content (AvgIpc) is 2.56. The van der Waals surface area contributed by atoms with Crippen molar-refractivity contribution in [1.29, 1.82) is 5.26 Å². The second-order valence-electron chi connectivity index (χ2n) is 4.84. The molecule has 5 nitrogen and oxygen atoms in total. The van der Waals surface area contributed by atoms with Crippen molar-refractivity contribution < 1.29 is 8.42 Å². The fourth-order valence-electron chi connectivity index (χ4n) is 2.58. The van der Waals surface area contributed by atoms with Gasteiger partial charge in [0, 0.05) is 11.3 Å². The Kier molecular flexibility index (Phi) is 3.44. The van der Waals surface area contributed by atoms with Crippen molar-refractivity contribution in [3.05, 3.63) is 17.0 Å². The minimum absolute atomic E-state index is 0.0742. The zero-order chi connectivity index (χ0) is 13.3. The van der Waals surface area contributed by atoms with Gasteiger partial charge < -0.3 is 0 Å². The first-order valence-electron chi connectivity index (χ1n) is 6.06. The van der Waals surface area contributed by atoms with E-state index in [4.69, 9.17) is 5.26 Å². The molecule has 1 unspecified atom stereocenters. The molecule has 2 rings (SSSR count). The molecule has 1 atom stereocenters. The van der Waals surface area contributed by atoms with Crippen LogP contribution in [0, 0.1) is 25.2 Å². The van der Waals surface area contributed by atoms with Gasteiger partial charge in [-0.3, -0.25) is 4.68 Å². The van der Waals surface area contributed by atoms with E-state index < -0.39 is 9.84 Å². The topological polar surface area (TPSA) is 75.8 Å². The molecule has 0 bridgehead atoms. The first-order valence-corrected chi connectivity index (χ1v) is 7.88. The Morgan fingerprint density at radius 3 is 2.83 bits per heavy atom. The Morgan fingerprint density at radius 1 is 1.50 bits per heavy atom. The predicted molar refractivity (Wildman–Crippen MR) is 67.9 cm³/mol. The van der Waals surface area contributed by atoms with Crippen LogP contribution in [-0.2, 0) is 16.3 Å². The molecule has 0 spiro atoms. The van der Waals surface area contributed by atoms with E-state index in [1.54, 1.807) is 4.68 Å². The molecular formula is C12H17N3O2S. The van der Waals surface area contributed by atoms with Crippen molar-refractivity contribution in [2.24, 2.45) is 0 Å². The van der Waals surface area contributed by atoms with Gasteiger partial charge >= 0.3 is 0 Å². The van der Waals surface area contributed by atoms with E-state index in [9.17, 15) is 8.42 Å². The van der Waals surface area contributed by atoms with Gasteiger partial charge in [-0.25, -0.2) is 8.42 Å². The molecule has 1 aromatic rings. The molecule has 0 N–H and O–H groups in total. The number of aromatic nitrogens is 2. The van der Waals surface area contributed by atoms with Crippen LogP contribution in [0.2, 0.25) is 0 Å². The molecule has 1 saturated heterocycles. The van der Waals surface area contributed by atoms with Crippen molar-refractivity contribution in [2.75, 3.05) is 11.5 Å². The first kappa shape index (κ1) is 13.1. The van der Waals surface area contributed by atoms with Crippen LogP contribution in [0.1, 0.15) is 35.8 Å². The van der Waals surface area contributed by atoms with Crippen molar-refractivity contribution in [2.45, 2.75) is 39.2 Å². The summed E-state index contributed by atoms with van der Waals surface area (Å²) < 4.78 is 25.1. The van der Waals surface area contributed by atoms with E-state index >= 15 is 0 Å². The van der Waals surface area contributed by atoms with Gasteiger partial charge in [-0.1, -0.05) is 0 Å². The van der Waals surface area contributed by atoms with Crippen LogP contribution in [0.4, 0.5) is 0 Å². The molecule has 0 radical (unpaired) electrons. The van der Waals surface area contributed by atoms with Crippen LogP contribution >= 0.6 is 0 Å². The second-order valence-corrected chi connectivity index (χ2v) is 7.07. The summed E-state index contributed by atoms with van der Waals surface area (Å²) in [5, 5.41) is 13.2. The summed E-state index contributed by atoms with van der Waals surface area (Å²) >= 11 is 0. The normalized spacial score (nSPS) is 22.6. The predicted octanol–water partition coefficient (Wildman–Crippen LogP) is 1.32. The summed E-state index contributed by atoms with van der Waals surface area (Å²) in [5.41, 5.74) is 2.69. The smallest absolute Gasteiger partial charge is 0.152 e. The number of nitrogens with zero attached hydrogens (tertiary/aromatic N) is 3. The summed E-state index contributed by atoms with van der Waals surface area (Å²) in [5.74, 6) is 0.453. The number of nitriles is 1. The number of hydrogen-bond donors (Lipinski definition) is 0. The summed E-state index contributed by atoms with van der Waals surface area (Å²) in [6, 6.07) is 2.05. The van der Waals surface area contributed by atoms with Crippen molar-refractivity contribution in [3.8, 4) is 6.07 Å². The Hall–Kier alpha value is -1.35. The summed E-state index contributed by atoms with van der Waals surface area (Å²) in [4.78, 5) is 0. The molecule has 0 amide bonds. The summed E-state index contributed by atoms with van der Waals surface area (Å²) in [6.45, 7) is 3.78. The molecule has 0 aromatic carbocycles. The first-order chi connectivity index (χ1) is 8.44. The third kappa shape index (κ3) is 2.41. The number of hydrogen-bond acceptors (Lipinski definition) is 4. The lowest BCUT2D eigenvalue weighted by Crippen LogP contribution is -2.28.